The lowest BCUT2D eigenvalue weighted by Crippen LogP contribution is -2.28. The van der Waals surface area contributed by atoms with Crippen molar-refractivity contribution in [3.8, 4) is 0 Å². The zero-order chi connectivity index (χ0) is 22.0. The highest BCUT2D eigenvalue weighted by Crippen LogP contribution is 2.30. The second-order valence-electron chi connectivity index (χ2n) is 8.20. The lowest BCUT2D eigenvalue weighted by Gasteiger charge is -2.19. The van der Waals surface area contributed by atoms with Crippen molar-refractivity contribution in [1.82, 2.24) is 10.2 Å². The van der Waals surface area contributed by atoms with Crippen LogP contribution in [-0.4, -0.2) is 28.6 Å². The van der Waals surface area contributed by atoms with Gasteiger partial charge in [-0.3, -0.25) is 9.59 Å². The summed E-state index contributed by atoms with van der Waals surface area (Å²) in [7, 11) is 0. The van der Waals surface area contributed by atoms with E-state index in [2.05, 4.69) is 40.6 Å². The van der Waals surface area contributed by atoms with E-state index in [4.69, 9.17) is 0 Å². The molecule has 2 aromatic carbocycles. The average Bonchev–Trinajstić information content (AvgIpc) is 3.35. The van der Waals surface area contributed by atoms with E-state index in [9.17, 15) is 9.59 Å². The Balaban J connectivity index is 1.37. The predicted octanol–water partition coefficient (Wildman–Crippen LogP) is 4.49. The van der Waals surface area contributed by atoms with Crippen LogP contribution in [0, 0.1) is 19.8 Å². The maximum absolute atomic E-state index is 12.8. The van der Waals surface area contributed by atoms with Crippen LogP contribution < -0.4 is 10.2 Å². The van der Waals surface area contributed by atoms with E-state index in [-0.39, 0.29) is 18.2 Å². The van der Waals surface area contributed by atoms with E-state index in [1.165, 1.54) is 16.9 Å². The monoisotopic (exact) mass is 434 g/mol. The molecular weight excluding hydrogens is 408 g/mol. The number of carbonyl (C=O) groups excluding carboxylic acids is 2. The van der Waals surface area contributed by atoms with Gasteiger partial charge in [-0.2, -0.15) is 0 Å². The number of benzene rings is 2. The van der Waals surface area contributed by atoms with E-state index in [0.717, 1.165) is 28.2 Å². The maximum Gasteiger partial charge on any atom is 0.231 e. The first-order chi connectivity index (χ1) is 14.9. The first kappa shape index (κ1) is 21.2. The van der Waals surface area contributed by atoms with Gasteiger partial charge in [-0.25, -0.2) is 0 Å². The second kappa shape index (κ2) is 8.98. The summed E-state index contributed by atoms with van der Waals surface area (Å²) in [5, 5.41) is 12.6. The molecule has 3 aromatic rings. The lowest BCUT2D eigenvalue weighted by atomic mass is 9.98. The van der Waals surface area contributed by atoms with E-state index in [1.807, 2.05) is 44.2 Å². The van der Waals surface area contributed by atoms with Crippen molar-refractivity contribution in [2.75, 3.05) is 16.8 Å². The Morgan fingerprint density at radius 3 is 2.71 bits per heavy atom. The Hall–Kier alpha value is -3.06. The van der Waals surface area contributed by atoms with Gasteiger partial charge >= 0.3 is 0 Å². The van der Waals surface area contributed by atoms with Gasteiger partial charge in [0.1, 0.15) is 5.01 Å². The highest BCUT2D eigenvalue weighted by atomic mass is 32.1. The number of nitrogens with zero attached hydrogens (tertiary/aromatic N) is 3. The summed E-state index contributed by atoms with van der Waals surface area (Å²) in [6, 6.07) is 16.3. The van der Waals surface area contributed by atoms with Gasteiger partial charge in [0.25, 0.3) is 0 Å². The third kappa shape index (κ3) is 4.82. The molecule has 7 heteroatoms. The second-order valence-corrected chi connectivity index (χ2v) is 9.26. The topological polar surface area (TPSA) is 75.2 Å². The van der Waals surface area contributed by atoms with Gasteiger partial charge < -0.3 is 10.2 Å². The van der Waals surface area contributed by atoms with Crippen molar-refractivity contribution < 1.29 is 9.59 Å². The first-order valence-corrected chi connectivity index (χ1v) is 11.3. The molecule has 0 saturated carbocycles. The van der Waals surface area contributed by atoms with Crippen molar-refractivity contribution in [3.63, 3.8) is 0 Å². The summed E-state index contributed by atoms with van der Waals surface area (Å²) in [5.41, 5.74) is 4.31. The number of carbonyl (C=O) groups is 2. The first-order valence-electron chi connectivity index (χ1n) is 10.5. The normalized spacial score (nSPS) is 17.1. The third-order valence-corrected chi connectivity index (χ3v) is 6.55. The number of rotatable bonds is 6. The Labute approximate surface area is 186 Å². The van der Waals surface area contributed by atoms with E-state index in [0.29, 0.717) is 17.6 Å². The van der Waals surface area contributed by atoms with E-state index < -0.39 is 5.92 Å². The van der Waals surface area contributed by atoms with Gasteiger partial charge in [-0.1, -0.05) is 66.3 Å². The molecule has 4 rings (SSSR count). The number of anilines is 2. The van der Waals surface area contributed by atoms with Gasteiger partial charge in [0.15, 0.2) is 0 Å². The molecule has 0 aliphatic carbocycles. The van der Waals surface area contributed by atoms with Gasteiger partial charge in [0.2, 0.25) is 16.9 Å². The summed E-state index contributed by atoms with van der Waals surface area (Å²) in [5.74, 6) is -0.290. The Morgan fingerprint density at radius 2 is 1.97 bits per heavy atom. The molecule has 1 fully saturated rings. The third-order valence-electron chi connectivity index (χ3n) is 5.69. The van der Waals surface area contributed by atoms with Crippen LogP contribution in [0.4, 0.5) is 10.8 Å². The van der Waals surface area contributed by atoms with Crippen LogP contribution in [0.5, 0.6) is 0 Å². The number of nitrogens with one attached hydrogen (secondary N) is 1. The maximum atomic E-state index is 12.8. The van der Waals surface area contributed by atoms with Crippen molar-refractivity contribution in [1.29, 1.82) is 0 Å². The van der Waals surface area contributed by atoms with Crippen molar-refractivity contribution in [2.24, 2.45) is 5.92 Å². The van der Waals surface area contributed by atoms with Crippen LogP contribution in [0.1, 0.15) is 41.0 Å². The summed E-state index contributed by atoms with van der Waals surface area (Å²) >= 11 is 1.39. The molecule has 2 amide bonds. The Morgan fingerprint density at radius 1 is 1.19 bits per heavy atom. The van der Waals surface area contributed by atoms with Crippen LogP contribution in [-0.2, 0) is 16.0 Å². The highest BCUT2D eigenvalue weighted by Gasteiger charge is 2.36. The lowest BCUT2D eigenvalue weighted by molar-refractivity contribution is -0.122. The molecule has 1 saturated heterocycles. The van der Waals surface area contributed by atoms with Crippen LogP contribution in [0.2, 0.25) is 0 Å². The van der Waals surface area contributed by atoms with Crippen molar-refractivity contribution in [2.45, 2.75) is 39.5 Å². The fourth-order valence-corrected chi connectivity index (χ4v) is 4.85. The predicted molar refractivity (Wildman–Crippen MR) is 123 cm³/mol. The number of amides is 2. The highest BCUT2D eigenvalue weighted by molar-refractivity contribution is 7.15. The number of hydrogen-bond acceptors (Lipinski definition) is 5. The Kier molecular flexibility index (Phi) is 6.13. The fraction of sp³-hybridized carbons (Fsp3) is 0.333. The van der Waals surface area contributed by atoms with Crippen LogP contribution >= 0.6 is 11.3 Å². The molecule has 2 unspecified atom stereocenters. The van der Waals surface area contributed by atoms with Crippen molar-refractivity contribution >= 4 is 34.0 Å². The molecule has 1 aliphatic rings. The molecule has 2 heterocycles. The quantitative estimate of drug-likeness (QED) is 0.620. The van der Waals surface area contributed by atoms with Crippen LogP contribution in [0.3, 0.4) is 0 Å². The summed E-state index contributed by atoms with van der Waals surface area (Å²) < 4.78 is 0. The molecule has 31 heavy (non-hydrogen) atoms. The molecule has 0 bridgehead atoms. The zero-order valence-electron chi connectivity index (χ0n) is 18.0. The van der Waals surface area contributed by atoms with Gasteiger partial charge in [-0.05, 0) is 37.0 Å². The van der Waals surface area contributed by atoms with E-state index >= 15 is 0 Å². The summed E-state index contributed by atoms with van der Waals surface area (Å²) in [4.78, 5) is 27.1. The number of aromatic nitrogens is 2. The van der Waals surface area contributed by atoms with E-state index in [1.54, 1.807) is 4.90 Å². The minimum atomic E-state index is -0.399. The minimum Gasteiger partial charge on any atom is -0.311 e. The summed E-state index contributed by atoms with van der Waals surface area (Å²) in [6.45, 7) is 6.55. The van der Waals surface area contributed by atoms with Crippen LogP contribution in [0.25, 0.3) is 0 Å². The fourth-order valence-electron chi connectivity index (χ4n) is 3.98. The smallest absolute Gasteiger partial charge is 0.231 e. The standard InChI is InChI=1S/C24H26N4O2S/c1-15-9-10-20(17(3)11-15)28-14-19(13-22(28)29)23(30)25-24-27-26-21(31-24)12-16(2)18-7-5-4-6-8-18/h4-11,16,19H,12-14H2,1-3H3,(H,25,27,30). The molecule has 6 nitrogen and oxygen atoms in total. The van der Waals surface area contributed by atoms with Crippen molar-refractivity contribution in [3.05, 3.63) is 70.2 Å². The molecule has 160 valence electrons. The SMILES string of the molecule is Cc1ccc(N2CC(C(=O)Nc3nnc(CC(C)c4ccccc4)s3)CC2=O)c(C)c1. The molecule has 1 aliphatic heterocycles. The average molecular weight is 435 g/mol. The molecule has 0 spiro atoms. The Bertz CT molecular complexity index is 1100. The van der Waals surface area contributed by atoms with Crippen LogP contribution in [0.15, 0.2) is 48.5 Å². The molecule has 1 N–H and O–H groups in total. The molecule has 0 radical (unpaired) electrons. The van der Waals surface area contributed by atoms with Gasteiger partial charge in [-0.15, -0.1) is 10.2 Å². The zero-order valence-corrected chi connectivity index (χ0v) is 18.8. The largest absolute Gasteiger partial charge is 0.311 e. The number of aryl methyl sites for hydroxylation is 2. The molecule has 2 atom stereocenters. The summed E-state index contributed by atoms with van der Waals surface area (Å²) in [6.07, 6.45) is 0.968. The van der Waals surface area contributed by atoms with Gasteiger partial charge in [0.05, 0.1) is 5.92 Å². The number of hydrogen-bond donors (Lipinski definition) is 1. The molecule has 1 aromatic heterocycles. The molecular formula is C24H26N4O2S. The van der Waals surface area contributed by atoms with Gasteiger partial charge in [0, 0.05) is 25.1 Å². The minimum absolute atomic E-state index is 0.0262.